The lowest BCUT2D eigenvalue weighted by Crippen LogP contribution is -2.47. The summed E-state index contributed by atoms with van der Waals surface area (Å²) in [5.41, 5.74) is 0. The van der Waals surface area contributed by atoms with Gasteiger partial charge >= 0.3 is 0 Å². The number of rotatable bonds is 5. The zero-order chi connectivity index (χ0) is 11.0. The fourth-order valence-corrected chi connectivity index (χ4v) is 2.97. The fraction of sp³-hybridized carbons (Fsp3) is 1.00. The van der Waals surface area contributed by atoms with Crippen molar-refractivity contribution in [2.24, 2.45) is 0 Å². The van der Waals surface area contributed by atoms with Crippen LogP contribution in [0.15, 0.2) is 0 Å². The fourth-order valence-electron chi connectivity index (χ4n) is 2.97. The second kappa shape index (κ2) is 4.63. The quantitative estimate of drug-likeness (QED) is 0.763. The first-order valence-corrected chi connectivity index (χ1v) is 6.94. The average Bonchev–Trinajstić information content (AvgIpc) is 3.04. The predicted octanol–water partition coefficient (Wildman–Crippen LogP) is 1.38. The second-order valence-corrected chi connectivity index (χ2v) is 5.78. The van der Waals surface area contributed by atoms with Gasteiger partial charge in [-0.3, -0.25) is 4.90 Å². The minimum absolute atomic E-state index is 0.539. The van der Waals surface area contributed by atoms with Gasteiger partial charge in [0, 0.05) is 25.2 Å². The van der Waals surface area contributed by atoms with Gasteiger partial charge in [0.2, 0.25) is 0 Å². The van der Waals surface area contributed by atoms with Crippen LogP contribution in [0.3, 0.4) is 0 Å². The molecule has 3 fully saturated rings. The molecular weight excluding hydrogens is 200 g/mol. The van der Waals surface area contributed by atoms with Crippen LogP contribution in [0.1, 0.15) is 39.0 Å². The van der Waals surface area contributed by atoms with E-state index in [0.717, 1.165) is 12.1 Å². The molecule has 16 heavy (non-hydrogen) atoms. The topological polar surface area (TPSA) is 24.5 Å². The van der Waals surface area contributed by atoms with Crippen molar-refractivity contribution < 1.29 is 4.74 Å². The summed E-state index contributed by atoms with van der Waals surface area (Å²) >= 11 is 0. The van der Waals surface area contributed by atoms with Crippen LogP contribution in [-0.2, 0) is 4.74 Å². The van der Waals surface area contributed by atoms with E-state index >= 15 is 0 Å². The second-order valence-electron chi connectivity index (χ2n) is 5.78. The zero-order valence-corrected chi connectivity index (χ0v) is 10.3. The number of nitrogens with zero attached hydrogens (tertiary/aromatic N) is 1. The Bertz CT molecular complexity index is 230. The van der Waals surface area contributed by atoms with Crippen molar-refractivity contribution in [3.8, 4) is 0 Å². The Morgan fingerprint density at radius 1 is 1.19 bits per heavy atom. The molecule has 3 atom stereocenters. The van der Waals surface area contributed by atoms with Gasteiger partial charge in [-0.2, -0.15) is 0 Å². The molecule has 0 radical (unpaired) electrons. The van der Waals surface area contributed by atoms with Crippen molar-refractivity contribution in [3.63, 3.8) is 0 Å². The van der Waals surface area contributed by atoms with Gasteiger partial charge in [-0.15, -0.1) is 0 Å². The molecule has 3 heteroatoms. The van der Waals surface area contributed by atoms with Crippen molar-refractivity contribution in [2.75, 3.05) is 19.6 Å². The molecule has 0 aromatic rings. The number of hydrogen-bond acceptors (Lipinski definition) is 3. The number of fused-ring (bicyclic) bond motifs is 2. The Kier molecular flexibility index (Phi) is 3.18. The Balaban J connectivity index is 1.41. The summed E-state index contributed by atoms with van der Waals surface area (Å²) in [5, 5.41) is 3.61. The zero-order valence-electron chi connectivity index (χ0n) is 10.3. The SMILES string of the molecule is CC(CCNC1CC1)N1CC2CCC(C1)O2. The predicted molar refractivity (Wildman–Crippen MR) is 64.6 cm³/mol. The molecule has 3 nitrogen and oxygen atoms in total. The van der Waals surface area contributed by atoms with Gasteiger partial charge in [0.15, 0.2) is 0 Å². The van der Waals surface area contributed by atoms with Crippen LogP contribution in [0.25, 0.3) is 0 Å². The van der Waals surface area contributed by atoms with Crippen molar-refractivity contribution in [1.29, 1.82) is 0 Å². The van der Waals surface area contributed by atoms with Crippen LogP contribution in [0.4, 0.5) is 0 Å². The first kappa shape index (κ1) is 11.0. The third-order valence-electron chi connectivity index (χ3n) is 4.27. The van der Waals surface area contributed by atoms with E-state index in [-0.39, 0.29) is 0 Å². The molecule has 0 spiro atoms. The largest absolute Gasteiger partial charge is 0.372 e. The summed E-state index contributed by atoms with van der Waals surface area (Å²) in [6.07, 6.45) is 7.74. The van der Waals surface area contributed by atoms with Gasteiger partial charge in [0.25, 0.3) is 0 Å². The van der Waals surface area contributed by atoms with Gasteiger partial charge in [-0.1, -0.05) is 0 Å². The molecule has 0 aromatic carbocycles. The van der Waals surface area contributed by atoms with Crippen LogP contribution in [0, 0.1) is 0 Å². The molecule has 2 heterocycles. The van der Waals surface area contributed by atoms with E-state index in [4.69, 9.17) is 4.74 Å². The monoisotopic (exact) mass is 224 g/mol. The minimum atomic E-state index is 0.539. The summed E-state index contributed by atoms with van der Waals surface area (Å²) in [6.45, 7) is 5.90. The van der Waals surface area contributed by atoms with Crippen LogP contribution in [-0.4, -0.2) is 48.8 Å². The Morgan fingerprint density at radius 3 is 2.50 bits per heavy atom. The highest BCUT2D eigenvalue weighted by molar-refractivity contribution is 4.87. The molecule has 1 saturated carbocycles. The van der Waals surface area contributed by atoms with E-state index in [1.165, 1.54) is 51.7 Å². The summed E-state index contributed by atoms with van der Waals surface area (Å²) < 4.78 is 5.87. The van der Waals surface area contributed by atoms with E-state index < -0.39 is 0 Å². The first-order chi connectivity index (χ1) is 7.81. The highest BCUT2D eigenvalue weighted by Gasteiger charge is 2.35. The molecule has 3 rings (SSSR count). The molecule has 1 aliphatic carbocycles. The van der Waals surface area contributed by atoms with E-state index in [0.29, 0.717) is 12.2 Å². The number of likely N-dealkylation sites (tertiary alicyclic amines) is 1. The lowest BCUT2D eigenvalue weighted by Gasteiger charge is -2.36. The molecule has 2 aliphatic heterocycles. The molecule has 1 N–H and O–H groups in total. The number of morpholine rings is 1. The highest BCUT2D eigenvalue weighted by Crippen LogP contribution is 2.27. The molecular formula is C13H24N2O. The molecule has 0 aromatic heterocycles. The summed E-state index contributed by atoms with van der Waals surface area (Å²) in [5.74, 6) is 0. The van der Waals surface area contributed by atoms with Gasteiger partial charge < -0.3 is 10.1 Å². The molecule has 0 amide bonds. The lowest BCUT2D eigenvalue weighted by atomic mass is 10.1. The maximum Gasteiger partial charge on any atom is 0.0707 e. The molecule has 3 aliphatic rings. The third kappa shape index (κ3) is 2.58. The van der Waals surface area contributed by atoms with E-state index in [2.05, 4.69) is 17.1 Å². The smallest absolute Gasteiger partial charge is 0.0707 e. The molecule has 2 saturated heterocycles. The summed E-state index contributed by atoms with van der Waals surface area (Å²) in [7, 11) is 0. The van der Waals surface area contributed by atoms with E-state index in [9.17, 15) is 0 Å². The maximum absolute atomic E-state index is 5.87. The van der Waals surface area contributed by atoms with Gasteiger partial charge in [0.1, 0.15) is 0 Å². The maximum atomic E-state index is 5.87. The summed E-state index contributed by atoms with van der Waals surface area (Å²) in [4.78, 5) is 2.64. The van der Waals surface area contributed by atoms with Crippen LogP contribution >= 0.6 is 0 Å². The Morgan fingerprint density at radius 2 is 1.88 bits per heavy atom. The Hall–Kier alpha value is -0.120. The average molecular weight is 224 g/mol. The first-order valence-electron chi connectivity index (χ1n) is 6.94. The van der Waals surface area contributed by atoms with Crippen LogP contribution < -0.4 is 5.32 Å². The third-order valence-corrected chi connectivity index (χ3v) is 4.27. The van der Waals surface area contributed by atoms with E-state index in [1.807, 2.05) is 0 Å². The van der Waals surface area contributed by atoms with Crippen LogP contribution in [0.2, 0.25) is 0 Å². The van der Waals surface area contributed by atoms with Gasteiger partial charge in [-0.25, -0.2) is 0 Å². The normalized spacial score (nSPS) is 36.6. The van der Waals surface area contributed by atoms with Crippen molar-refractivity contribution in [1.82, 2.24) is 10.2 Å². The number of nitrogens with one attached hydrogen (secondary N) is 1. The van der Waals surface area contributed by atoms with Crippen molar-refractivity contribution >= 4 is 0 Å². The lowest BCUT2D eigenvalue weighted by molar-refractivity contribution is -0.0512. The number of hydrogen-bond donors (Lipinski definition) is 1. The minimum Gasteiger partial charge on any atom is -0.372 e. The van der Waals surface area contributed by atoms with Crippen LogP contribution in [0.5, 0.6) is 0 Å². The number of ether oxygens (including phenoxy) is 1. The van der Waals surface area contributed by atoms with Gasteiger partial charge in [-0.05, 0) is 45.6 Å². The standard InChI is InChI=1S/C13H24N2O/c1-10(6-7-14-11-2-3-11)15-8-12-4-5-13(9-15)16-12/h10-14H,2-9H2,1H3. The molecule has 2 bridgehead atoms. The highest BCUT2D eigenvalue weighted by atomic mass is 16.5. The molecule has 92 valence electrons. The molecule has 3 unspecified atom stereocenters. The van der Waals surface area contributed by atoms with E-state index in [1.54, 1.807) is 0 Å². The van der Waals surface area contributed by atoms with Crippen molar-refractivity contribution in [2.45, 2.75) is 63.3 Å². The van der Waals surface area contributed by atoms with Crippen molar-refractivity contribution in [3.05, 3.63) is 0 Å². The Labute approximate surface area is 98.5 Å². The summed E-state index contributed by atoms with van der Waals surface area (Å²) in [6, 6.07) is 1.58. The van der Waals surface area contributed by atoms with Gasteiger partial charge in [0.05, 0.1) is 12.2 Å².